The van der Waals surface area contributed by atoms with E-state index in [0.717, 1.165) is 9.87 Å². The smallest absolute Gasteiger partial charge is 0.262 e. The van der Waals surface area contributed by atoms with Crippen molar-refractivity contribution in [3.63, 3.8) is 0 Å². The van der Waals surface area contributed by atoms with E-state index in [1.165, 1.54) is 48.9 Å². The van der Waals surface area contributed by atoms with E-state index < -0.39 is 16.1 Å². The van der Waals surface area contributed by atoms with Crippen molar-refractivity contribution in [2.75, 3.05) is 19.4 Å². The van der Waals surface area contributed by atoms with Gasteiger partial charge in [-0.2, -0.15) is 0 Å². The van der Waals surface area contributed by atoms with Crippen LogP contribution in [0.15, 0.2) is 52.1 Å². The maximum atomic E-state index is 12.8. The zero-order chi connectivity index (χ0) is 23.5. The molecule has 32 heavy (non-hydrogen) atoms. The number of hydrogen-bond donors (Lipinski definition) is 2. The lowest BCUT2D eigenvalue weighted by Crippen LogP contribution is -2.46. The largest absolute Gasteiger partial charge is 0.339 e. The van der Waals surface area contributed by atoms with E-state index in [0.29, 0.717) is 15.7 Å². The molecule has 170 valence electrons. The van der Waals surface area contributed by atoms with Gasteiger partial charge in [0, 0.05) is 25.0 Å². The zero-order valence-corrected chi connectivity index (χ0v) is 20.5. The van der Waals surface area contributed by atoms with Gasteiger partial charge in [0.05, 0.1) is 15.5 Å². The molecule has 2 aromatic heterocycles. The predicted molar refractivity (Wildman–Crippen MR) is 127 cm³/mol. The standard InChI is InChI=1S/C21H24N4O4S3/c1-13(2)18(23-19(26)17-6-5-11-30-17)20(27)24-21-22-16(12-31-21)14-7-9-15(10-8-14)32(28,29)25(3)4/h5-13,18H,1-4H3,(H,23,26)(H,22,24,27). The molecule has 0 radical (unpaired) electrons. The Morgan fingerprint density at radius 2 is 1.75 bits per heavy atom. The van der Waals surface area contributed by atoms with Crippen LogP contribution in [0, 0.1) is 5.92 Å². The number of nitrogens with zero attached hydrogens (tertiary/aromatic N) is 2. The van der Waals surface area contributed by atoms with Crippen LogP contribution in [-0.2, 0) is 14.8 Å². The Bertz CT molecular complexity index is 1180. The lowest BCUT2D eigenvalue weighted by Gasteiger charge is -2.20. The predicted octanol–water partition coefficient (Wildman–Crippen LogP) is 3.52. The highest BCUT2D eigenvalue weighted by Crippen LogP contribution is 2.26. The number of carbonyl (C=O) groups excluding carboxylic acids is 2. The average Bonchev–Trinajstić information content (AvgIpc) is 3.44. The van der Waals surface area contributed by atoms with Gasteiger partial charge in [-0.15, -0.1) is 22.7 Å². The van der Waals surface area contributed by atoms with Crippen LogP contribution >= 0.6 is 22.7 Å². The number of thiophene rings is 1. The molecule has 1 aromatic carbocycles. The first kappa shape index (κ1) is 24.1. The van der Waals surface area contributed by atoms with E-state index in [1.54, 1.807) is 35.0 Å². The molecule has 1 unspecified atom stereocenters. The number of rotatable bonds is 8. The molecule has 0 aliphatic rings. The van der Waals surface area contributed by atoms with E-state index in [1.807, 2.05) is 13.8 Å². The first-order valence-electron chi connectivity index (χ1n) is 9.73. The van der Waals surface area contributed by atoms with Crippen molar-refractivity contribution < 1.29 is 18.0 Å². The molecule has 3 aromatic rings. The molecule has 0 spiro atoms. The van der Waals surface area contributed by atoms with E-state index in [2.05, 4.69) is 15.6 Å². The molecule has 0 saturated heterocycles. The van der Waals surface area contributed by atoms with Crippen molar-refractivity contribution in [1.82, 2.24) is 14.6 Å². The van der Waals surface area contributed by atoms with Gasteiger partial charge in [0.2, 0.25) is 15.9 Å². The van der Waals surface area contributed by atoms with E-state index in [-0.39, 0.29) is 22.6 Å². The first-order valence-corrected chi connectivity index (χ1v) is 12.9. The summed E-state index contributed by atoms with van der Waals surface area (Å²) in [4.78, 5) is 30.3. The first-order chi connectivity index (χ1) is 15.1. The minimum atomic E-state index is -3.51. The topological polar surface area (TPSA) is 108 Å². The SMILES string of the molecule is CC(C)C(NC(=O)c1cccs1)C(=O)Nc1nc(-c2ccc(S(=O)(=O)N(C)C)cc2)cs1. The minimum absolute atomic E-state index is 0.121. The van der Waals surface area contributed by atoms with Crippen molar-refractivity contribution in [1.29, 1.82) is 0 Å². The molecule has 3 rings (SSSR count). The van der Waals surface area contributed by atoms with Gasteiger partial charge in [-0.1, -0.05) is 32.0 Å². The quantitative estimate of drug-likeness (QED) is 0.500. The van der Waals surface area contributed by atoms with Crippen molar-refractivity contribution in [3.05, 3.63) is 52.0 Å². The Hall–Kier alpha value is -2.60. The second-order valence-electron chi connectivity index (χ2n) is 7.51. The van der Waals surface area contributed by atoms with Crippen molar-refractivity contribution >= 4 is 49.6 Å². The molecule has 0 bridgehead atoms. The van der Waals surface area contributed by atoms with Gasteiger partial charge < -0.3 is 10.6 Å². The Kier molecular flexibility index (Phi) is 7.44. The molecule has 0 aliphatic heterocycles. The Morgan fingerprint density at radius 3 is 2.31 bits per heavy atom. The Morgan fingerprint density at radius 1 is 1.06 bits per heavy atom. The van der Waals surface area contributed by atoms with Crippen LogP contribution in [-0.4, -0.2) is 49.7 Å². The third-order valence-electron chi connectivity index (χ3n) is 4.64. The van der Waals surface area contributed by atoms with Gasteiger partial charge in [0.1, 0.15) is 6.04 Å². The third kappa shape index (κ3) is 5.41. The highest BCUT2D eigenvalue weighted by atomic mass is 32.2. The number of carbonyl (C=O) groups is 2. The molecule has 2 amide bonds. The van der Waals surface area contributed by atoms with Gasteiger partial charge in [-0.3, -0.25) is 9.59 Å². The fourth-order valence-corrected chi connectivity index (χ4v) is 5.06. The fourth-order valence-electron chi connectivity index (χ4n) is 2.81. The number of hydrogen-bond acceptors (Lipinski definition) is 7. The average molecular weight is 493 g/mol. The second kappa shape index (κ2) is 9.90. The van der Waals surface area contributed by atoms with Crippen LogP contribution in [0.25, 0.3) is 11.3 Å². The normalized spacial score (nSPS) is 12.7. The highest BCUT2D eigenvalue weighted by Gasteiger charge is 2.26. The number of nitrogens with one attached hydrogen (secondary N) is 2. The van der Waals surface area contributed by atoms with Gasteiger partial charge in [-0.25, -0.2) is 17.7 Å². The molecule has 0 aliphatic carbocycles. The zero-order valence-electron chi connectivity index (χ0n) is 18.0. The summed E-state index contributed by atoms with van der Waals surface area (Å²) < 4.78 is 25.6. The summed E-state index contributed by atoms with van der Waals surface area (Å²) in [7, 11) is -0.550. The second-order valence-corrected chi connectivity index (χ2v) is 11.5. The number of sulfonamides is 1. The summed E-state index contributed by atoms with van der Waals surface area (Å²) in [5, 5.41) is 9.53. The molecule has 2 heterocycles. The van der Waals surface area contributed by atoms with E-state index in [9.17, 15) is 18.0 Å². The van der Waals surface area contributed by atoms with Crippen LogP contribution in [0.4, 0.5) is 5.13 Å². The fraction of sp³-hybridized carbons (Fsp3) is 0.286. The van der Waals surface area contributed by atoms with Gasteiger partial charge >= 0.3 is 0 Å². The molecule has 2 N–H and O–H groups in total. The van der Waals surface area contributed by atoms with E-state index >= 15 is 0 Å². The molecule has 0 saturated carbocycles. The monoisotopic (exact) mass is 492 g/mol. The van der Waals surface area contributed by atoms with Crippen LogP contribution in [0.5, 0.6) is 0 Å². The van der Waals surface area contributed by atoms with E-state index in [4.69, 9.17) is 0 Å². The van der Waals surface area contributed by atoms with Gasteiger partial charge in [-0.05, 0) is 29.5 Å². The van der Waals surface area contributed by atoms with Crippen molar-refractivity contribution in [2.45, 2.75) is 24.8 Å². The molecular formula is C21H24N4O4S3. The summed E-state index contributed by atoms with van der Waals surface area (Å²) in [6, 6.07) is 9.17. The summed E-state index contributed by atoms with van der Waals surface area (Å²) in [5.74, 6) is -0.760. The van der Waals surface area contributed by atoms with Crippen LogP contribution in [0.1, 0.15) is 23.5 Å². The molecule has 1 atom stereocenters. The number of aromatic nitrogens is 1. The number of benzene rings is 1. The summed E-state index contributed by atoms with van der Waals surface area (Å²) in [6.45, 7) is 3.71. The molecule has 8 nitrogen and oxygen atoms in total. The number of thiazole rings is 1. The van der Waals surface area contributed by atoms with Gasteiger partial charge in [0.15, 0.2) is 5.13 Å². The van der Waals surface area contributed by atoms with Crippen LogP contribution in [0.2, 0.25) is 0 Å². The lowest BCUT2D eigenvalue weighted by molar-refractivity contribution is -0.118. The van der Waals surface area contributed by atoms with Crippen LogP contribution < -0.4 is 10.6 Å². The molecule has 11 heteroatoms. The highest BCUT2D eigenvalue weighted by molar-refractivity contribution is 7.89. The lowest BCUT2D eigenvalue weighted by atomic mass is 10.0. The van der Waals surface area contributed by atoms with Gasteiger partial charge in [0.25, 0.3) is 5.91 Å². The maximum absolute atomic E-state index is 12.8. The molecular weight excluding hydrogens is 468 g/mol. The van der Waals surface area contributed by atoms with Crippen LogP contribution in [0.3, 0.4) is 0 Å². The number of amides is 2. The summed E-state index contributed by atoms with van der Waals surface area (Å²) in [6.07, 6.45) is 0. The Balaban J connectivity index is 1.71. The van der Waals surface area contributed by atoms with Crippen molar-refractivity contribution in [2.24, 2.45) is 5.92 Å². The third-order valence-corrected chi connectivity index (χ3v) is 8.10. The number of anilines is 1. The maximum Gasteiger partial charge on any atom is 0.262 e. The minimum Gasteiger partial charge on any atom is -0.339 e. The summed E-state index contributed by atoms with van der Waals surface area (Å²) >= 11 is 2.56. The molecule has 0 fully saturated rings. The Labute approximate surface area is 195 Å². The van der Waals surface area contributed by atoms with Crippen molar-refractivity contribution in [3.8, 4) is 11.3 Å². The summed E-state index contributed by atoms with van der Waals surface area (Å²) in [5.41, 5.74) is 1.34.